The van der Waals surface area contributed by atoms with Crippen LogP contribution >= 0.6 is 0 Å². The largest absolute Gasteiger partial charge is 0.293 e. The highest BCUT2D eigenvalue weighted by Crippen LogP contribution is 2.10. The maximum atomic E-state index is 11.3. The van der Waals surface area contributed by atoms with Crippen LogP contribution in [0.15, 0.2) is 35.3 Å². The summed E-state index contributed by atoms with van der Waals surface area (Å²) in [5.41, 5.74) is 1.53. The Morgan fingerprint density at radius 1 is 1.50 bits per heavy atom. The van der Waals surface area contributed by atoms with Crippen LogP contribution in [0.25, 0.3) is 11.4 Å². The van der Waals surface area contributed by atoms with Crippen LogP contribution in [0.3, 0.4) is 0 Å². The molecule has 2 aromatic heterocycles. The molecule has 0 saturated heterocycles. The van der Waals surface area contributed by atoms with Gasteiger partial charge in [-0.05, 0) is 19.1 Å². The van der Waals surface area contributed by atoms with Crippen LogP contribution in [0.4, 0.5) is 0 Å². The van der Waals surface area contributed by atoms with Crippen molar-refractivity contribution in [1.82, 2.24) is 14.8 Å². The van der Waals surface area contributed by atoms with E-state index in [1.807, 2.05) is 25.1 Å². The van der Waals surface area contributed by atoms with Crippen molar-refractivity contribution in [2.75, 3.05) is 0 Å². The standard InChI is InChI=1S/C10H11N3O/c1-2-13-10(14)7-9(12-13)8-5-3-4-6-11-8/h3-7,12H,2H2,1H3. The first-order chi connectivity index (χ1) is 6.81. The minimum Gasteiger partial charge on any atom is -0.293 e. The number of rotatable bonds is 2. The van der Waals surface area contributed by atoms with Gasteiger partial charge in [-0.1, -0.05) is 6.07 Å². The Hall–Kier alpha value is -1.84. The molecule has 0 aliphatic carbocycles. The highest BCUT2D eigenvalue weighted by atomic mass is 16.1. The fourth-order valence-electron chi connectivity index (χ4n) is 1.32. The smallest absolute Gasteiger partial charge is 0.267 e. The number of hydrogen-bond donors (Lipinski definition) is 1. The van der Waals surface area contributed by atoms with E-state index >= 15 is 0 Å². The van der Waals surface area contributed by atoms with E-state index in [1.165, 1.54) is 0 Å². The van der Waals surface area contributed by atoms with E-state index < -0.39 is 0 Å². The second-order valence-corrected chi connectivity index (χ2v) is 2.97. The van der Waals surface area contributed by atoms with Gasteiger partial charge in [-0.15, -0.1) is 0 Å². The van der Waals surface area contributed by atoms with Crippen molar-refractivity contribution in [2.45, 2.75) is 13.5 Å². The highest BCUT2D eigenvalue weighted by molar-refractivity contribution is 5.52. The van der Waals surface area contributed by atoms with E-state index in [0.29, 0.717) is 6.54 Å². The Morgan fingerprint density at radius 2 is 2.36 bits per heavy atom. The van der Waals surface area contributed by atoms with Crippen molar-refractivity contribution >= 4 is 0 Å². The lowest BCUT2D eigenvalue weighted by Crippen LogP contribution is -2.13. The van der Waals surface area contributed by atoms with Gasteiger partial charge >= 0.3 is 0 Å². The lowest BCUT2D eigenvalue weighted by Gasteiger charge is -1.96. The number of pyridine rings is 1. The third-order valence-electron chi connectivity index (χ3n) is 2.05. The monoisotopic (exact) mass is 189 g/mol. The summed E-state index contributed by atoms with van der Waals surface area (Å²) >= 11 is 0. The molecule has 0 radical (unpaired) electrons. The molecule has 0 bridgehead atoms. The van der Waals surface area contributed by atoms with E-state index in [-0.39, 0.29) is 5.56 Å². The average molecular weight is 189 g/mol. The van der Waals surface area contributed by atoms with Gasteiger partial charge in [0, 0.05) is 18.8 Å². The van der Waals surface area contributed by atoms with Gasteiger partial charge in [0.2, 0.25) is 0 Å². The van der Waals surface area contributed by atoms with Gasteiger partial charge in [-0.3, -0.25) is 19.6 Å². The topological polar surface area (TPSA) is 50.7 Å². The summed E-state index contributed by atoms with van der Waals surface area (Å²) in [6, 6.07) is 7.17. The van der Waals surface area contributed by atoms with Crippen LogP contribution in [0.1, 0.15) is 6.92 Å². The summed E-state index contributed by atoms with van der Waals surface area (Å²) in [6.07, 6.45) is 1.71. The van der Waals surface area contributed by atoms with Crippen LogP contribution in [-0.2, 0) is 6.54 Å². The third kappa shape index (κ3) is 1.46. The first-order valence-electron chi connectivity index (χ1n) is 4.52. The summed E-state index contributed by atoms with van der Waals surface area (Å²) in [7, 11) is 0. The zero-order valence-corrected chi connectivity index (χ0v) is 7.90. The van der Waals surface area contributed by atoms with Crippen LogP contribution in [0.5, 0.6) is 0 Å². The molecule has 0 unspecified atom stereocenters. The molecule has 0 aliphatic rings. The molecular formula is C10H11N3O. The quantitative estimate of drug-likeness (QED) is 0.773. The van der Waals surface area contributed by atoms with Gasteiger partial charge in [-0.25, -0.2) is 0 Å². The van der Waals surface area contributed by atoms with E-state index in [4.69, 9.17) is 0 Å². The second-order valence-electron chi connectivity index (χ2n) is 2.97. The average Bonchev–Trinajstić information content (AvgIpc) is 2.61. The van der Waals surface area contributed by atoms with Crippen molar-refractivity contribution in [1.29, 1.82) is 0 Å². The Balaban J connectivity index is 2.48. The van der Waals surface area contributed by atoms with Gasteiger partial charge in [0.15, 0.2) is 0 Å². The van der Waals surface area contributed by atoms with Gasteiger partial charge in [0.1, 0.15) is 0 Å². The lowest BCUT2D eigenvalue weighted by atomic mass is 10.3. The SMILES string of the molecule is CCn1[nH]c(-c2ccccn2)cc1=O. The van der Waals surface area contributed by atoms with E-state index in [2.05, 4.69) is 10.1 Å². The van der Waals surface area contributed by atoms with Crippen molar-refractivity contribution in [3.05, 3.63) is 40.8 Å². The first-order valence-corrected chi connectivity index (χ1v) is 4.52. The molecule has 0 aliphatic heterocycles. The van der Waals surface area contributed by atoms with Gasteiger partial charge < -0.3 is 0 Å². The molecule has 2 rings (SSSR count). The number of nitrogens with zero attached hydrogens (tertiary/aromatic N) is 2. The molecule has 2 aromatic rings. The zero-order valence-electron chi connectivity index (χ0n) is 7.90. The predicted molar refractivity (Wildman–Crippen MR) is 54.0 cm³/mol. The molecule has 0 amide bonds. The molecule has 0 fully saturated rings. The van der Waals surface area contributed by atoms with Crippen LogP contribution in [0.2, 0.25) is 0 Å². The van der Waals surface area contributed by atoms with E-state index in [9.17, 15) is 4.79 Å². The molecule has 0 saturated carbocycles. The van der Waals surface area contributed by atoms with Gasteiger partial charge in [-0.2, -0.15) is 0 Å². The second kappa shape index (κ2) is 3.49. The minimum atomic E-state index is -0.0202. The molecule has 0 atom stereocenters. The molecule has 4 nitrogen and oxygen atoms in total. The number of hydrogen-bond acceptors (Lipinski definition) is 2. The molecule has 4 heteroatoms. The lowest BCUT2D eigenvalue weighted by molar-refractivity contribution is 0.640. The maximum absolute atomic E-state index is 11.3. The number of aromatic amines is 1. The van der Waals surface area contributed by atoms with Crippen molar-refractivity contribution in [3.63, 3.8) is 0 Å². The molecular weight excluding hydrogens is 178 g/mol. The van der Waals surface area contributed by atoms with E-state index in [0.717, 1.165) is 11.4 Å². The number of nitrogens with one attached hydrogen (secondary N) is 1. The molecule has 0 spiro atoms. The number of aryl methyl sites for hydroxylation is 1. The zero-order chi connectivity index (χ0) is 9.97. The molecule has 14 heavy (non-hydrogen) atoms. The fourth-order valence-corrected chi connectivity index (χ4v) is 1.32. The Morgan fingerprint density at radius 3 is 2.93 bits per heavy atom. The van der Waals surface area contributed by atoms with Crippen molar-refractivity contribution < 1.29 is 0 Å². The minimum absolute atomic E-state index is 0.0202. The Bertz CT molecular complexity index is 470. The third-order valence-corrected chi connectivity index (χ3v) is 2.05. The van der Waals surface area contributed by atoms with Crippen molar-refractivity contribution in [2.24, 2.45) is 0 Å². The maximum Gasteiger partial charge on any atom is 0.267 e. The summed E-state index contributed by atoms with van der Waals surface area (Å²) in [4.78, 5) is 15.5. The van der Waals surface area contributed by atoms with Crippen LogP contribution in [-0.4, -0.2) is 14.8 Å². The first kappa shape index (κ1) is 8.74. The summed E-state index contributed by atoms with van der Waals surface area (Å²) < 4.78 is 1.55. The normalized spacial score (nSPS) is 10.4. The summed E-state index contributed by atoms with van der Waals surface area (Å²) in [5.74, 6) is 0. The molecule has 0 aromatic carbocycles. The Kier molecular flexibility index (Phi) is 2.18. The van der Waals surface area contributed by atoms with E-state index in [1.54, 1.807) is 16.9 Å². The molecule has 72 valence electrons. The van der Waals surface area contributed by atoms with Gasteiger partial charge in [0.25, 0.3) is 5.56 Å². The number of aromatic nitrogens is 3. The predicted octanol–water partition coefficient (Wildman–Crippen LogP) is 1.26. The fraction of sp³-hybridized carbons (Fsp3) is 0.200. The molecule has 2 heterocycles. The van der Waals surface area contributed by atoms with Gasteiger partial charge in [0.05, 0.1) is 11.4 Å². The molecule has 1 N–H and O–H groups in total. The highest BCUT2D eigenvalue weighted by Gasteiger charge is 2.03. The summed E-state index contributed by atoms with van der Waals surface area (Å²) in [6.45, 7) is 2.56. The number of H-pyrrole nitrogens is 1. The van der Waals surface area contributed by atoms with Crippen molar-refractivity contribution in [3.8, 4) is 11.4 Å². The van der Waals surface area contributed by atoms with Crippen LogP contribution < -0.4 is 5.56 Å². The summed E-state index contributed by atoms with van der Waals surface area (Å²) in [5, 5.41) is 2.99. The Labute approximate surface area is 81.2 Å². The van der Waals surface area contributed by atoms with Crippen LogP contribution in [0, 0.1) is 0 Å².